The summed E-state index contributed by atoms with van der Waals surface area (Å²) in [4.78, 5) is 4.35. The molecule has 1 aliphatic carbocycles. The maximum absolute atomic E-state index is 13.5. The topological polar surface area (TPSA) is 6.48 Å². The van der Waals surface area contributed by atoms with Gasteiger partial charge in [-0.15, -0.1) is 0 Å². The normalized spacial score (nSPS) is 20.9. The summed E-state index contributed by atoms with van der Waals surface area (Å²) in [7, 11) is 0. The Kier molecular flexibility index (Phi) is 4.59. The number of benzene rings is 1. The number of anilines is 1. The van der Waals surface area contributed by atoms with Gasteiger partial charge < -0.3 is 4.90 Å². The smallest absolute Gasteiger partial charge is 0.368 e. The van der Waals surface area contributed by atoms with E-state index in [0.717, 1.165) is 18.7 Å². The molecule has 23 heavy (non-hydrogen) atoms. The van der Waals surface area contributed by atoms with Gasteiger partial charge in [0.1, 0.15) is 0 Å². The van der Waals surface area contributed by atoms with Crippen molar-refractivity contribution >= 4 is 5.69 Å². The highest BCUT2D eigenvalue weighted by Crippen LogP contribution is 2.39. The highest BCUT2D eigenvalue weighted by Gasteiger charge is 2.36. The predicted octanol–water partition coefficient (Wildman–Crippen LogP) is 4.50. The quantitative estimate of drug-likeness (QED) is 0.807. The van der Waals surface area contributed by atoms with Gasteiger partial charge in [0, 0.05) is 37.9 Å². The van der Waals surface area contributed by atoms with Crippen molar-refractivity contribution in [1.29, 1.82) is 0 Å². The van der Waals surface area contributed by atoms with E-state index in [1.54, 1.807) is 6.07 Å². The Hall–Kier alpha value is -1.23. The monoisotopic (exact) mass is 326 g/mol. The molecule has 0 bridgehead atoms. The minimum Gasteiger partial charge on any atom is -0.368 e. The minimum atomic E-state index is -4.30. The number of nitrogens with zero attached hydrogens (tertiary/aromatic N) is 2. The van der Waals surface area contributed by atoms with Crippen molar-refractivity contribution in [3.05, 3.63) is 29.3 Å². The lowest BCUT2D eigenvalue weighted by molar-refractivity contribution is -0.137. The van der Waals surface area contributed by atoms with Crippen LogP contribution in [0.15, 0.2) is 18.2 Å². The lowest BCUT2D eigenvalue weighted by atomic mass is 9.91. The van der Waals surface area contributed by atoms with E-state index in [9.17, 15) is 13.2 Å². The average Bonchev–Trinajstić information content (AvgIpc) is 2.45. The molecule has 5 heteroatoms. The molecular formula is C18H25F3N2. The van der Waals surface area contributed by atoms with Gasteiger partial charge in [0.05, 0.1) is 5.56 Å². The first-order valence-corrected chi connectivity index (χ1v) is 8.56. The van der Waals surface area contributed by atoms with Crippen molar-refractivity contribution < 1.29 is 13.2 Å². The molecule has 1 aromatic rings. The molecule has 128 valence electrons. The van der Waals surface area contributed by atoms with Crippen LogP contribution in [0.1, 0.15) is 50.2 Å². The molecule has 0 atom stereocenters. The van der Waals surface area contributed by atoms with Gasteiger partial charge in [-0.1, -0.05) is 26.3 Å². The van der Waals surface area contributed by atoms with Crippen LogP contribution in [0.4, 0.5) is 18.9 Å². The van der Waals surface area contributed by atoms with Crippen molar-refractivity contribution in [2.75, 3.05) is 31.1 Å². The number of hydrogen-bond donors (Lipinski definition) is 0. The summed E-state index contributed by atoms with van der Waals surface area (Å²) in [6.45, 7) is 6.95. The Balaban J connectivity index is 1.79. The minimum absolute atomic E-state index is 0.0978. The number of rotatable bonds is 3. The summed E-state index contributed by atoms with van der Waals surface area (Å²) >= 11 is 0. The maximum Gasteiger partial charge on any atom is 0.418 e. The van der Waals surface area contributed by atoms with Crippen LogP contribution in [0, 0.1) is 0 Å². The Bertz CT molecular complexity index is 542. The zero-order valence-corrected chi connectivity index (χ0v) is 13.9. The number of alkyl halides is 3. The molecule has 1 heterocycles. The average molecular weight is 326 g/mol. The van der Waals surface area contributed by atoms with Gasteiger partial charge in [-0.3, -0.25) is 4.90 Å². The molecule has 1 aliphatic heterocycles. The SMILES string of the molecule is CC(C)c1ccc(N2CCN(C3CCC3)CC2)c(C(F)(F)F)c1. The molecule has 3 rings (SSSR count). The molecule has 2 aliphatic rings. The van der Waals surface area contributed by atoms with Crippen LogP contribution in [0.25, 0.3) is 0 Å². The van der Waals surface area contributed by atoms with E-state index in [0.29, 0.717) is 24.8 Å². The second-order valence-corrected chi connectivity index (χ2v) is 7.04. The first-order chi connectivity index (χ1) is 10.9. The van der Waals surface area contributed by atoms with Gasteiger partial charge in [0.2, 0.25) is 0 Å². The van der Waals surface area contributed by atoms with Crippen LogP contribution in [0.2, 0.25) is 0 Å². The van der Waals surface area contributed by atoms with Crippen LogP contribution in [0.5, 0.6) is 0 Å². The van der Waals surface area contributed by atoms with E-state index in [2.05, 4.69) is 4.90 Å². The van der Waals surface area contributed by atoms with Crippen LogP contribution < -0.4 is 4.90 Å². The van der Waals surface area contributed by atoms with Gasteiger partial charge in [0.25, 0.3) is 0 Å². The molecule has 1 saturated carbocycles. The highest BCUT2D eigenvalue weighted by atomic mass is 19.4. The zero-order valence-electron chi connectivity index (χ0n) is 13.9. The standard InChI is InChI=1S/C18H25F3N2/c1-13(2)14-6-7-17(16(12-14)18(19,20)21)23-10-8-22(9-11-23)15-4-3-5-15/h6-7,12-13,15H,3-5,8-11H2,1-2H3. The summed E-state index contributed by atoms with van der Waals surface area (Å²) in [5.74, 6) is 0.0978. The van der Waals surface area contributed by atoms with E-state index in [4.69, 9.17) is 0 Å². The number of hydrogen-bond acceptors (Lipinski definition) is 2. The van der Waals surface area contributed by atoms with E-state index < -0.39 is 11.7 Å². The third-order valence-corrected chi connectivity index (χ3v) is 5.24. The summed E-state index contributed by atoms with van der Waals surface area (Å²) in [6, 6.07) is 5.51. The fourth-order valence-corrected chi connectivity index (χ4v) is 3.50. The lowest BCUT2D eigenvalue weighted by Crippen LogP contribution is -2.52. The molecule has 0 radical (unpaired) electrons. The van der Waals surface area contributed by atoms with Gasteiger partial charge in [-0.05, 0) is 36.5 Å². The van der Waals surface area contributed by atoms with Gasteiger partial charge in [-0.2, -0.15) is 13.2 Å². The van der Waals surface area contributed by atoms with Crippen LogP contribution in [-0.4, -0.2) is 37.1 Å². The second kappa shape index (κ2) is 6.34. The molecule has 2 nitrogen and oxygen atoms in total. The van der Waals surface area contributed by atoms with Crippen LogP contribution in [-0.2, 0) is 6.18 Å². The maximum atomic E-state index is 13.5. The molecule has 1 saturated heterocycles. The molecular weight excluding hydrogens is 301 g/mol. The van der Waals surface area contributed by atoms with Crippen molar-refractivity contribution in [1.82, 2.24) is 4.90 Å². The van der Waals surface area contributed by atoms with Gasteiger partial charge in [0.15, 0.2) is 0 Å². The summed E-state index contributed by atoms with van der Waals surface area (Å²) in [5, 5.41) is 0. The molecule has 0 spiro atoms. The Morgan fingerprint density at radius 3 is 2.17 bits per heavy atom. The molecule has 0 unspecified atom stereocenters. The first kappa shape index (κ1) is 16.6. The fourth-order valence-electron chi connectivity index (χ4n) is 3.50. The molecule has 2 fully saturated rings. The van der Waals surface area contributed by atoms with E-state index >= 15 is 0 Å². The largest absolute Gasteiger partial charge is 0.418 e. The third kappa shape index (κ3) is 3.49. The van der Waals surface area contributed by atoms with Crippen LogP contribution in [0.3, 0.4) is 0 Å². The van der Waals surface area contributed by atoms with Gasteiger partial charge in [-0.25, -0.2) is 0 Å². The summed E-state index contributed by atoms with van der Waals surface area (Å²) < 4.78 is 40.4. The third-order valence-electron chi connectivity index (χ3n) is 5.24. The molecule has 0 amide bonds. The van der Waals surface area contributed by atoms with E-state index in [1.165, 1.54) is 25.3 Å². The Morgan fingerprint density at radius 1 is 1.04 bits per heavy atom. The predicted molar refractivity (Wildman–Crippen MR) is 87.0 cm³/mol. The van der Waals surface area contributed by atoms with Crippen LogP contribution >= 0.6 is 0 Å². The van der Waals surface area contributed by atoms with Gasteiger partial charge >= 0.3 is 6.18 Å². The molecule has 0 aromatic heterocycles. The Morgan fingerprint density at radius 2 is 1.70 bits per heavy atom. The van der Waals surface area contributed by atoms with Crippen molar-refractivity contribution in [3.8, 4) is 0 Å². The molecule has 1 aromatic carbocycles. The van der Waals surface area contributed by atoms with Crippen molar-refractivity contribution in [2.24, 2.45) is 0 Å². The highest BCUT2D eigenvalue weighted by molar-refractivity contribution is 5.57. The lowest BCUT2D eigenvalue weighted by Gasteiger charge is -2.44. The van der Waals surface area contributed by atoms with E-state index in [-0.39, 0.29) is 5.92 Å². The first-order valence-electron chi connectivity index (χ1n) is 8.56. The molecule has 0 N–H and O–H groups in total. The number of piperazine rings is 1. The fraction of sp³-hybridized carbons (Fsp3) is 0.667. The second-order valence-electron chi connectivity index (χ2n) is 7.04. The zero-order chi connectivity index (χ0) is 16.6. The summed E-state index contributed by atoms with van der Waals surface area (Å²) in [5.41, 5.74) is 0.602. The summed E-state index contributed by atoms with van der Waals surface area (Å²) in [6.07, 6.45) is -0.515. The van der Waals surface area contributed by atoms with Crippen molar-refractivity contribution in [2.45, 2.75) is 51.2 Å². The van der Waals surface area contributed by atoms with E-state index in [1.807, 2.05) is 24.8 Å². The van der Waals surface area contributed by atoms with Crippen molar-refractivity contribution in [3.63, 3.8) is 0 Å². The number of halogens is 3. The Labute approximate surface area is 136 Å².